The van der Waals surface area contributed by atoms with Crippen LogP contribution in [-0.4, -0.2) is 46.6 Å². The van der Waals surface area contributed by atoms with Gasteiger partial charge in [0, 0.05) is 0 Å². The molecule has 0 saturated carbocycles. The van der Waals surface area contributed by atoms with Gasteiger partial charge in [-0.1, -0.05) is 19.8 Å². The molecule has 1 aromatic carbocycles. The first kappa shape index (κ1) is 29.2. The van der Waals surface area contributed by atoms with Crippen molar-refractivity contribution in [3.8, 4) is 11.7 Å². The van der Waals surface area contributed by atoms with Gasteiger partial charge >= 0.3 is 28.2 Å². The number of benzene rings is 1. The summed E-state index contributed by atoms with van der Waals surface area (Å²) in [5.41, 5.74) is 0.783. The molecule has 0 aliphatic rings. The molecule has 0 unspecified atom stereocenters. The van der Waals surface area contributed by atoms with Crippen LogP contribution in [0, 0.1) is 12.3 Å². The molecule has 142 valence electrons. The Bertz CT molecular complexity index is 378. The van der Waals surface area contributed by atoms with E-state index in [1.807, 2.05) is 24.3 Å². The second kappa shape index (κ2) is 23.4. The Balaban J connectivity index is -0.000000367. The quantitative estimate of drug-likeness (QED) is 0.168. The molecule has 0 N–H and O–H groups in total. The zero-order chi connectivity index (χ0) is 19.4. The molecular formula is C19H33ClOP2Pt. The molecule has 0 atom stereocenters. The van der Waals surface area contributed by atoms with Crippen LogP contribution in [0.2, 0.25) is 0 Å². The molecule has 1 aromatic rings. The fourth-order valence-electron chi connectivity index (χ4n) is 1.18. The van der Waals surface area contributed by atoms with Crippen LogP contribution in [0.1, 0.15) is 31.7 Å². The van der Waals surface area contributed by atoms with Crippen LogP contribution in [-0.2, 0) is 18.8 Å². The Morgan fingerprint density at radius 3 is 1.71 bits per heavy atom. The summed E-state index contributed by atoms with van der Waals surface area (Å²) < 4.78 is 5.52. The minimum atomic E-state index is 0.380. The Kier molecular flexibility index (Phi) is 28.5. The fourth-order valence-corrected chi connectivity index (χ4v) is 1.18. The van der Waals surface area contributed by atoms with Crippen molar-refractivity contribution in [3.63, 3.8) is 0 Å². The molecule has 0 aliphatic carbocycles. The van der Waals surface area contributed by atoms with Gasteiger partial charge in [0.05, 0.1) is 6.61 Å². The van der Waals surface area contributed by atoms with Crippen LogP contribution in [0.15, 0.2) is 24.3 Å². The maximum atomic E-state index is 6.92. The number of hydrogen-bond acceptors (Lipinski definition) is 1. The van der Waals surface area contributed by atoms with Crippen LogP contribution in [0.5, 0.6) is 5.75 Å². The summed E-state index contributed by atoms with van der Waals surface area (Å²) in [6.45, 7) is 16.3. The van der Waals surface area contributed by atoms with E-state index in [1.165, 1.54) is 12.8 Å². The Labute approximate surface area is 169 Å². The van der Waals surface area contributed by atoms with E-state index in [-0.39, 0.29) is 0 Å². The SMILES string of the molecule is CP(C)C.CP(C)C.[C-]#Cc1ccc(OCCCCC)cc1.[Cl][Pt+]. The molecule has 0 radical (unpaired) electrons. The van der Waals surface area contributed by atoms with Crippen LogP contribution in [0.3, 0.4) is 0 Å². The van der Waals surface area contributed by atoms with Crippen molar-refractivity contribution in [2.24, 2.45) is 0 Å². The topological polar surface area (TPSA) is 9.23 Å². The zero-order valence-electron chi connectivity index (χ0n) is 16.1. The summed E-state index contributed by atoms with van der Waals surface area (Å²) in [7, 11) is 5.37. The molecule has 1 nitrogen and oxygen atoms in total. The van der Waals surface area contributed by atoms with Gasteiger partial charge in [0.2, 0.25) is 0 Å². The van der Waals surface area contributed by atoms with Crippen molar-refractivity contribution in [1.29, 1.82) is 0 Å². The first-order valence-corrected chi connectivity index (χ1v) is 16.0. The third-order valence-corrected chi connectivity index (χ3v) is 2.02. The third-order valence-electron chi connectivity index (χ3n) is 2.02. The maximum absolute atomic E-state index is 6.92. The monoisotopic (exact) mass is 569 g/mol. The van der Waals surface area contributed by atoms with Gasteiger partial charge in [0.25, 0.3) is 0 Å². The second-order valence-corrected chi connectivity index (χ2v) is 11.3. The van der Waals surface area contributed by atoms with Crippen molar-refractivity contribution >= 4 is 25.3 Å². The number of unbranched alkanes of at least 4 members (excludes halogenated alkanes) is 2. The standard InChI is InChI=1S/C13H15O.2C3H9P.ClH.Pt/c1-3-5-6-11-14-13-9-7-12(4-2)8-10-13;2*1-4(2)3;;/h7-10H,3,5-6,11H2,1H3;2*1-3H3;1H;/q-1;;;;+2/p-1. The van der Waals surface area contributed by atoms with Crippen molar-refractivity contribution in [3.05, 3.63) is 36.3 Å². The average Bonchev–Trinajstić information content (AvgIpc) is 2.53. The van der Waals surface area contributed by atoms with Crippen molar-refractivity contribution in [1.82, 2.24) is 0 Å². The summed E-state index contributed by atoms with van der Waals surface area (Å²) in [5.74, 6) is 3.20. The van der Waals surface area contributed by atoms with Crippen molar-refractivity contribution in [2.75, 3.05) is 46.6 Å². The van der Waals surface area contributed by atoms with Crippen LogP contribution in [0.4, 0.5) is 0 Å². The van der Waals surface area contributed by atoms with E-state index in [0.717, 1.165) is 24.3 Å². The molecule has 0 heterocycles. The molecule has 0 saturated heterocycles. The molecule has 0 aromatic heterocycles. The van der Waals surface area contributed by atoms with Gasteiger partial charge < -0.3 is 11.2 Å². The van der Waals surface area contributed by atoms with E-state index in [9.17, 15) is 0 Å². The summed E-state index contributed by atoms with van der Waals surface area (Å²) in [5, 5.41) is 0. The molecule has 0 aliphatic heterocycles. The first-order chi connectivity index (χ1) is 11.3. The van der Waals surface area contributed by atoms with E-state index >= 15 is 0 Å². The molecule has 0 amide bonds. The Hall–Kier alpha value is 0.418. The summed E-state index contributed by atoms with van der Waals surface area (Å²) in [6, 6.07) is 7.43. The van der Waals surface area contributed by atoms with Gasteiger partial charge in [0.1, 0.15) is 5.75 Å². The van der Waals surface area contributed by atoms with E-state index in [2.05, 4.69) is 62.3 Å². The van der Waals surface area contributed by atoms with Crippen LogP contribution < -0.4 is 4.74 Å². The predicted molar refractivity (Wildman–Crippen MR) is 113 cm³/mol. The van der Waals surface area contributed by atoms with Gasteiger partial charge in [-0.3, -0.25) is 5.92 Å². The van der Waals surface area contributed by atoms with E-state index in [4.69, 9.17) is 11.2 Å². The number of hydrogen-bond donors (Lipinski definition) is 0. The number of rotatable bonds is 5. The molecule has 0 spiro atoms. The normalized spacial score (nSPS) is 8.79. The molecule has 1 rings (SSSR count). The first-order valence-electron chi connectivity index (χ1n) is 7.82. The van der Waals surface area contributed by atoms with E-state index in [1.54, 1.807) is 18.8 Å². The third kappa shape index (κ3) is 30.3. The second-order valence-electron chi connectivity index (χ2n) is 5.89. The molecule has 0 bridgehead atoms. The van der Waals surface area contributed by atoms with Gasteiger partial charge in [-0.05, 0) is 58.5 Å². The Morgan fingerprint density at radius 1 is 0.958 bits per heavy atom. The van der Waals surface area contributed by atoms with Gasteiger partial charge in [-0.25, -0.2) is 0 Å². The molecule has 5 heteroatoms. The summed E-state index contributed by atoms with van der Waals surface area (Å²) >= 11 is 1.61. The molecular weight excluding hydrogens is 537 g/mol. The Morgan fingerprint density at radius 2 is 1.38 bits per heavy atom. The average molecular weight is 570 g/mol. The van der Waals surface area contributed by atoms with Gasteiger partial charge in [-0.2, -0.15) is 0 Å². The number of halogens is 1. The molecule has 0 fully saturated rings. The van der Waals surface area contributed by atoms with Crippen molar-refractivity contribution in [2.45, 2.75) is 26.2 Å². The number of ether oxygens (including phenoxy) is 1. The minimum absolute atomic E-state index is 0.380. The van der Waals surface area contributed by atoms with Crippen LogP contribution >= 0.6 is 25.3 Å². The van der Waals surface area contributed by atoms with E-state index in [0.29, 0.717) is 15.8 Å². The zero-order valence-corrected chi connectivity index (χ0v) is 21.0. The van der Waals surface area contributed by atoms with Crippen molar-refractivity contribution < 1.29 is 23.5 Å². The summed E-state index contributed by atoms with van der Waals surface area (Å²) in [6.07, 6.45) is 10.5. The fraction of sp³-hybridized carbons (Fsp3) is 0.579. The molecule has 24 heavy (non-hydrogen) atoms. The van der Waals surface area contributed by atoms with Gasteiger partial charge in [0.15, 0.2) is 0 Å². The van der Waals surface area contributed by atoms with E-state index < -0.39 is 0 Å². The predicted octanol–water partition coefficient (Wildman–Crippen LogP) is 6.60. The van der Waals surface area contributed by atoms with Crippen LogP contribution in [0.25, 0.3) is 0 Å². The van der Waals surface area contributed by atoms with Gasteiger partial charge in [-0.15, -0.1) is 33.5 Å². The summed E-state index contributed by atoms with van der Waals surface area (Å²) in [4.78, 5) is 0.